The second-order valence-corrected chi connectivity index (χ2v) is 4.40. The predicted molar refractivity (Wildman–Crippen MR) is 81.5 cm³/mol. The molecule has 0 saturated heterocycles. The van der Waals surface area contributed by atoms with Gasteiger partial charge in [0.2, 0.25) is 5.91 Å². The number of esters is 1. The number of nitrogens with one attached hydrogen (secondary N) is 1. The first-order valence-electron chi connectivity index (χ1n) is 6.64. The third kappa shape index (κ3) is 8.29. The summed E-state index contributed by atoms with van der Waals surface area (Å²) in [6.07, 6.45) is 4.57. The Morgan fingerprint density at radius 3 is 2.20 bits per heavy atom. The lowest BCUT2D eigenvalue weighted by molar-refractivity contribution is -0.140. The fraction of sp³-hybridized carbons (Fsp3) is 0.500. The summed E-state index contributed by atoms with van der Waals surface area (Å²) >= 11 is 0. The Morgan fingerprint density at radius 1 is 1.00 bits per heavy atom. The van der Waals surface area contributed by atoms with E-state index in [9.17, 15) is 9.59 Å². The van der Waals surface area contributed by atoms with Crippen LogP contribution in [-0.2, 0) is 14.3 Å². The maximum atomic E-state index is 11.6. The number of carbonyl (C=O) groups excluding carboxylic acids is 2. The topological polar surface area (TPSA) is 55.4 Å². The molecule has 1 aromatic rings. The Morgan fingerprint density at radius 2 is 1.60 bits per heavy atom. The van der Waals surface area contributed by atoms with Crippen LogP contribution >= 0.6 is 0 Å². The quantitative estimate of drug-likeness (QED) is 0.582. The van der Waals surface area contributed by atoms with Crippen LogP contribution in [0.3, 0.4) is 0 Å². The summed E-state index contributed by atoms with van der Waals surface area (Å²) in [6.45, 7) is 0. The molecule has 1 amide bonds. The van der Waals surface area contributed by atoms with E-state index >= 15 is 0 Å². The first kappa shape index (κ1) is 18.2. The number of methoxy groups -OCH3 is 1. The Balaban J connectivity index is 0.00000361. The molecule has 4 heteroatoms. The molecule has 0 aromatic heterocycles. The number of rotatable bonds is 8. The molecule has 0 unspecified atom stereocenters. The van der Waals surface area contributed by atoms with Crippen molar-refractivity contribution in [2.75, 3.05) is 12.4 Å². The average Bonchev–Trinajstić information content (AvgIpc) is 2.43. The average molecular weight is 279 g/mol. The number of benzene rings is 1. The summed E-state index contributed by atoms with van der Waals surface area (Å²) in [6, 6.07) is 9.43. The molecule has 1 rings (SSSR count). The van der Waals surface area contributed by atoms with Crippen molar-refractivity contribution < 1.29 is 14.3 Å². The normalized spacial score (nSPS) is 9.45. The minimum absolute atomic E-state index is 0. The summed E-state index contributed by atoms with van der Waals surface area (Å²) in [5.41, 5.74) is 0.832. The van der Waals surface area contributed by atoms with E-state index in [4.69, 9.17) is 0 Å². The van der Waals surface area contributed by atoms with Gasteiger partial charge in [0.1, 0.15) is 0 Å². The number of hydrogen-bond donors (Lipinski definition) is 1. The predicted octanol–water partition coefficient (Wildman–Crippen LogP) is 3.77. The lowest BCUT2D eigenvalue weighted by atomic mass is 10.1. The van der Waals surface area contributed by atoms with Gasteiger partial charge in [-0.3, -0.25) is 9.59 Å². The Kier molecular flexibility index (Phi) is 10.0. The van der Waals surface area contributed by atoms with E-state index < -0.39 is 0 Å². The lowest BCUT2D eigenvalue weighted by Gasteiger charge is -2.04. The van der Waals surface area contributed by atoms with Gasteiger partial charge >= 0.3 is 5.97 Å². The van der Waals surface area contributed by atoms with Crippen molar-refractivity contribution in [2.45, 2.75) is 46.0 Å². The van der Waals surface area contributed by atoms with Gasteiger partial charge in [-0.1, -0.05) is 38.5 Å². The van der Waals surface area contributed by atoms with Gasteiger partial charge in [0.25, 0.3) is 0 Å². The summed E-state index contributed by atoms with van der Waals surface area (Å²) < 4.78 is 4.56. The van der Waals surface area contributed by atoms with E-state index in [-0.39, 0.29) is 19.3 Å². The number of unbranched alkanes of at least 4 members (excludes halogenated alkanes) is 3. The molecule has 0 aliphatic carbocycles. The van der Waals surface area contributed by atoms with Crippen molar-refractivity contribution in [3.05, 3.63) is 30.3 Å². The van der Waals surface area contributed by atoms with Crippen molar-refractivity contribution in [3.63, 3.8) is 0 Å². The fourth-order valence-electron chi connectivity index (χ4n) is 1.76. The highest BCUT2D eigenvalue weighted by atomic mass is 16.5. The van der Waals surface area contributed by atoms with Gasteiger partial charge in [-0.25, -0.2) is 0 Å². The maximum absolute atomic E-state index is 11.6. The molecule has 0 aliphatic rings. The van der Waals surface area contributed by atoms with Crippen LogP contribution in [-0.4, -0.2) is 19.0 Å². The first-order chi connectivity index (χ1) is 9.22. The summed E-state index contributed by atoms with van der Waals surface area (Å²) in [5.74, 6) is -0.124. The molecule has 112 valence electrons. The van der Waals surface area contributed by atoms with E-state index in [1.807, 2.05) is 30.3 Å². The maximum Gasteiger partial charge on any atom is 0.305 e. The van der Waals surface area contributed by atoms with Crippen molar-refractivity contribution in [1.82, 2.24) is 0 Å². The molecule has 1 aromatic carbocycles. The molecule has 0 saturated carbocycles. The lowest BCUT2D eigenvalue weighted by Crippen LogP contribution is -2.10. The molecular weight excluding hydrogens is 254 g/mol. The van der Waals surface area contributed by atoms with Gasteiger partial charge in [-0.05, 0) is 25.0 Å². The van der Waals surface area contributed by atoms with Crippen LogP contribution < -0.4 is 5.32 Å². The number of ether oxygens (including phenoxy) is 1. The van der Waals surface area contributed by atoms with Gasteiger partial charge in [0.05, 0.1) is 7.11 Å². The van der Waals surface area contributed by atoms with Crippen LogP contribution in [0, 0.1) is 0 Å². The van der Waals surface area contributed by atoms with Gasteiger partial charge in [0, 0.05) is 18.5 Å². The minimum atomic E-state index is -0.165. The van der Waals surface area contributed by atoms with Crippen molar-refractivity contribution >= 4 is 17.6 Å². The van der Waals surface area contributed by atoms with Crippen molar-refractivity contribution in [2.24, 2.45) is 0 Å². The third-order valence-corrected chi connectivity index (χ3v) is 2.82. The molecule has 1 N–H and O–H groups in total. The van der Waals surface area contributed by atoms with Gasteiger partial charge in [-0.15, -0.1) is 0 Å². The number of para-hydroxylation sites is 1. The highest BCUT2D eigenvalue weighted by molar-refractivity contribution is 5.90. The van der Waals surface area contributed by atoms with E-state index in [0.29, 0.717) is 12.8 Å². The highest BCUT2D eigenvalue weighted by Crippen LogP contribution is 2.09. The largest absolute Gasteiger partial charge is 0.469 e. The van der Waals surface area contributed by atoms with Crippen molar-refractivity contribution in [1.29, 1.82) is 0 Å². The van der Waals surface area contributed by atoms with E-state index in [2.05, 4.69) is 10.1 Å². The number of amides is 1. The molecule has 20 heavy (non-hydrogen) atoms. The van der Waals surface area contributed by atoms with Crippen LogP contribution in [0.25, 0.3) is 0 Å². The van der Waals surface area contributed by atoms with Crippen LogP contribution in [0.5, 0.6) is 0 Å². The zero-order valence-electron chi connectivity index (χ0n) is 11.4. The molecule has 4 nitrogen and oxygen atoms in total. The van der Waals surface area contributed by atoms with E-state index in [1.165, 1.54) is 7.11 Å². The standard InChI is InChI=1S/C15H21NO3.CH4/c1-19-15(18)12-8-3-2-7-11-14(17)16-13-9-5-4-6-10-13;/h4-6,9-10H,2-3,7-8,11-12H2,1H3,(H,16,17);1H4. The number of hydrogen-bond acceptors (Lipinski definition) is 3. The van der Waals surface area contributed by atoms with Gasteiger partial charge in [-0.2, -0.15) is 0 Å². The van der Waals surface area contributed by atoms with Crippen LogP contribution in [0.1, 0.15) is 46.0 Å². The second kappa shape index (κ2) is 11.0. The zero-order valence-corrected chi connectivity index (χ0v) is 11.4. The van der Waals surface area contributed by atoms with Crippen LogP contribution in [0.4, 0.5) is 5.69 Å². The molecule has 0 heterocycles. The molecule has 0 fully saturated rings. The van der Waals surface area contributed by atoms with E-state index in [1.54, 1.807) is 0 Å². The van der Waals surface area contributed by atoms with Crippen LogP contribution in [0.15, 0.2) is 30.3 Å². The summed E-state index contributed by atoms with van der Waals surface area (Å²) in [5, 5.41) is 2.85. The molecular formula is C16H25NO3. The van der Waals surface area contributed by atoms with Crippen LogP contribution in [0.2, 0.25) is 0 Å². The summed E-state index contributed by atoms with van der Waals surface area (Å²) in [7, 11) is 1.40. The number of carbonyl (C=O) groups is 2. The highest BCUT2D eigenvalue weighted by Gasteiger charge is 2.03. The smallest absolute Gasteiger partial charge is 0.305 e. The number of anilines is 1. The minimum Gasteiger partial charge on any atom is -0.469 e. The third-order valence-electron chi connectivity index (χ3n) is 2.82. The monoisotopic (exact) mass is 279 g/mol. The van der Waals surface area contributed by atoms with Gasteiger partial charge < -0.3 is 10.1 Å². The SMILES string of the molecule is C.COC(=O)CCCCCCC(=O)Nc1ccccc1. The molecule has 0 aliphatic heterocycles. The first-order valence-corrected chi connectivity index (χ1v) is 6.64. The van der Waals surface area contributed by atoms with E-state index in [0.717, 1.165) is 31.4 Å². The molecule has 0 radical (unpaired) electrons. The Labute approximate surface area is 121 Å². The molecule has 0 bridgehead atoms. The molecule has 0 spiro atoms. The van der Waals surface area contributed by atoms with Crippen molar-refractivity contribution in [3.8, 4) is 0 Å². The fourth-order valence-corrected chi connectivity index (χ4v) is 1.76. The Bertz CT molecular complexity index is 390. The summed E-state index contributed by atoms with van der Waals surface area (Å²) in [4.78, 5) is 22.5. The second-order valence-electron chi connectivity index (χ2n) is 4.40. The van der Waals surface area contributed by atoms with Gasteiger partial charge in [0.15, 0.2) is 0 Å². The zero-order chi connectivity index (χ0) is 13.9. The Hall–Kier alpha value is -1.84. The molecule has 0 atom stereocenters.